The molecule has 1 fully saturated rings. The van der Waals surface area contributed by atoms with Crippen molar-refractivity contribution in [3.63, 3.8) is 0 Å². The molecular weight excluding hydrogens is 386 g/mol. The number of rotatable bonds is 4. The quantitative estimate of drug-likeness (QED) is 0.616. The zero-order valence-electron chi connectivity index (χ0n) is 16.4. The Hall–Kier alpha value is -2.48. The van der Waals surface area contributed by atoms with E-state index in [9.17, 15) is 14.7 Å². The fourth-order valence-corrected chi connectivity index (χ4v) is 5.70. The van der Waals surface area contributed by atoms with Gasteiger partial charge in [0, 0.05) is 35.1 Å². The minimum Gasteiger partial charge on any atom is -0.477 e. The second-order valence-electron chi connectivity index (χ2n) is 7.93. The van der Waals surface area contributed by atoms with Gasteiger partial charge in [-0.25, -0.2) is 4.79 Å². The van der Waals surface area contributed by atoms with E-state index in [0.29, 0.717) is 12.0 Å². The highest BCUT2D eigenvalue weighted by molar-refractivity contribution is 7.15. The van der Waals surface area contributed by atoms with E-state index in [1.54, 1.807) is 23.6 Å². The second-order valence-corrected chi connectivity index (χ2v) is 9.07. The van der Waals surface area contributed by atoms with Crippen molar-refractivity contribution < 1.29 is 9.90 Å². The fourth-order valence-electron chi connectivity index (χ4n) is 4.43. The Labute approximate surface area is 172 Å². The number of nitrogens with one attached hydrogen (secondary N) is 2. The fraction of sp³-hybridized carbons (Fsp3) is 0.364. The molecule has 1 unspecified atom stereocenters. The molecule has 1 aliphatic heterocycles. The second kappa shape index (κ2) is 6.79. The number of aromatic nitrogens is 1. The first-order chi connectivity index (χ1) is 14.0. The minimum absolute atomic E-state index is 0.147. The Morgan fingerprint density at radius 3 is 2.79 bits per heavy atom. The number of hydrogen-bond acceptors (Lipinski definition) is 5. The maximum atomic E-state index is 12.8. The predicted octanol–water partition coefficient (Wildman–Crippen LogP) is 3.28. The normalized spacial score (nSPS) is 18.8. The molecule has 3 aromatic rings. The van der Waals surface area contributed by atoms with Crippen molar-refractivity contribution in [3.8, 4) is 10.4 Å². The van der Waals surface area contributed by atoms with Gasteiger partial charge in [-0.15, -0.1) is 11.3 Å². The summed E-state index contributed by atoms with van der Waals surface area (Å²) >= 11 is 1.79. The third kappa shape index (κ3) is 2.92. The Morgan fingerprint density at radius 1 is 1.31 bits per heavy atom. The predicted molar refractivity (Wildman–Crippen MR) is 114 cm³/mol. The van der Waals surface area contributed by atoms with Crippen molar-refractivity contribution >= 4 is 22.8 Å². The first kappa shape index (κ1) is 18.5. The van der Waals surface area contributed by atoms with Crippen LogP contribution in [0, 0.1) is 6.92 Å². The molecule has 0 radical (unpaired) electrons. The highest BCUT2D eigenvalue weighted by Gasteiger charge is 2.30. The van der Waals surface area contributed by atoms with Crippen molar-refractivity contribution in [3.05, 3.63) is 61.9 Å². The molecule has 0 bridgehead atoms. The molecule has 0 saturated heterocycles. The number of carboxylic acid groups (broad SMARTS) is 1. The molecule has 2 aliphatic rings. The van der Waals surface area contributed by atoms with Crippen LogP contribution < -0.4 is 16.2 Å². The number of aromatic carboxylic acids is 1. The summed E-state index contributed by atoms with van der Waals surface area (Å²) < 4.78 is 1.53. The molecule has 0 spiro atoms. The Bertz CT molecular complexity index is 1210. The number of carboxylic acids is 1. The first-order valence-electron chi connectivity index (χ1n) is 9.92. The van der Waals surface area contributed by atoms with E-state index in [2.05, 4.69) is 16.7 Å². The Kier molecular flexibility index (Phi) is 4.34. The van der Waals surface area contributed by atoms with Gasteiger partial charge in [0.05, 0.1) is 5.52 Å². The van der Waals surface area contributed by atoms with Gasteiger partial charge in [-0.3, -0.25) is 9.20 Å². The maximum Gasteiger partial charge on any atom is 0.341 e. The van der Waals surface area contributed by atoms with Gasteiger partial charge in [0.15, 0.2) is 0 Å². The third-order valence-electron chi connectivity index (χ3n) is 6.13. The van der Waals surface area contributed by atoms with Crippen LogP contribution in [-0.2, 0) is 6.54 Å². The van der Waals surface area contributed by atoms with E-state index in [-0.39, 0.29) is 5.56 Å². The van der Waals surface area contributed by atoms with Crippen LogP contribution in [0.5, 0.6) is 0 Å². The van der Waals surface area contributed by atoms with Crippen molar-refractivity contribution in [2.75, 3.05) is 13.6 Å². The van der Waals surface area contributed by atoms with E-state index in [1.165, 1.54) is 19.7 Å². The highest BCUT2D eigenvalue weighted by Crippen LogP contribution is 2.44. The molecule has 150 valence electrons. The van der Waals surface area contributed by atoms with Gasteiger partial charge in [0.25, 0.3) is 5.56 Å². The summed E-state index contributed by atoms with van der Waals surface area (Å²) in [4.78, 5) is 26.9. The number of fused-ring (bicyclic) bond motifs is 2. The van der Waals surface area contributed by atoms with E-state index < -0.39 is 11.5 Å². The summed E-state index contributed by atoms with van der Waals surface area (Å²) in [6, 6.07) is 6.12. The number of hydrogen-bond donors (Lipinski definition) is 3. The first-order valence-corrected chi connectivity index (χ1v) is 10.7. The van der Waals surface area contributed by atoms with Crippen molar-refractivity contribution in [1.29, 1.82) is 0 Å². The standard InChI is InChI=1S/C22H23N3O3S/c1-11-13(18-8-15-17(23-2)9-24-10-19(15)29-18)5-6-25-20(11)14(12-3-4-12)7-16(21(25)26)22(27)28/h5-8,12,17,23-24H,3-4,9-10H2,1-2H3,(H,27,28). The van der Waals surface area contributed by atoms with Crippen molar-refractivity contribution in [1.82, 2.24) is 15.0 Å². The van der Waals surface area contributed by atoms with Crippen molar-refractivity contribution in [2.24, 2.45) is 0 Å². The summed E-state index contributed by atoms with van der Waals surface area (Å²) in [5.74, 6) is -0.823. The van der Waals surface area contributed by atoms with Gasteiger partial charge in [-0.2, -0.15) is 0 Å². The van der Waals surface area contributed by atoms with Gasteiger partial charge in [-0.1, -0.05) is 0 Å². The molecule has 1 atom stereocenters. The number of aryl methyl sites for hydroxylation is 1. The van der Waals surface area contributed by atoms with Gasteiger partial charge in [-0.05, 0) is 73.2 Å². The van der Waals surface area contributed by atoms with Crippen LogP contribution in [-0.4, -0.2) is 29.1 Å². The van der Waals surface area contributed by atoms with Crippen LogP contribution in [0.15, 0.2) is 29.2 Å². The number of nitrogens with zero attached hydrogens (tertiary/aromatic N) is 1. The van der Waals surface area contributed by atoms with Gasteiger partial charge in [0.1, 0.15) is 5.56 Å². The van der Waals surface area contributed by atoms with Crippen LogP contribution in [0.1, 0.15) is 56.7 Å². The summed E-state index contributed by atoms with van der Waals surface area (Å²) in [7, 11) is 1.98. The summed E-state index contributed by atoms with van der Waals surface area (Å²) in [6.45, 7) is 3.83. The zero-order chi connectivity index (χ0) is 20.3. The SMILES string of the molecule is CNC1CNCc2sc(-c3ccn4c(=O)c(C(=O)O)cc(C5CC5)c4c3C)cc21. The smallest absolute Gasteiger partial charge is 0.341 e. The number of carbonyl (C=O) groups is 1. The molecule has 7 heteroatoms. The van der Waals surface area contributed by atoms with Crippen LogP contribution in [0.2, 0.25) is 0 Å². The van der Waals surface area contributed by atoms with Crippen LogP contribution >= 0.6 is 11.3 Å². The molecule has 3 aromatic heterocycles. The molecule has 0 amide bonds. The third-order valence-corrected chi connectivity index (χ3v) is 7.31. The zero-order valence-corrected chi connectivity index (χ0v) is 17.2. The van der Waals surface area contributed by atoms with Gasteiger partial charge < -0.3 is 15.7 Å². The molecule has 29 heavy (non-hydrogen) atoms. The Morgan fingerprint density at radius 2 is 2.10 bits per heavy atom. The number of pyridine rings is 2. The lowest BCUT2D eigenvalue weighted by Gasteiger charge is -2.22. The molecule has 4 heterocycles. The number of thiophene rings is 1. The van der Waals surface area contributed by atoms with Crippen molar-refractivity contribution in [2.45, 2.75) is 38.3 Å². The molecule has 6 nitrogen and oxygen atoms in total. The minimum atomic E-state index is -1.16. The highest BCUT2D eigenvalue weighted by atomic mass is 32.1. The lowest BCUT2D eigenvalue weighted by atomic mass is 9.98. The average Bonchev–Trinajstić information content (AvgIpc) is 3.46. The van der Waals surface area contributed by atoms with Crippen LogP contribution in [0.25, 0.3) is 16.0 Å². The molecular formula is C22H23N3O3S. The van der Waals surface area contributed by atoms with E-state index in [4.69, 9.17) is 0 Å². The lowest BCUT2D eigenvalue weighted by molar-refractivity contribution is 0.0694. The van der Waals surface area contributed by atoms with Crippen LogP contribution in [0.3, 0.4) is 0 Å². The molecule has 1 saturated carbocycles. The lowest BCUT2D eigenvalue weighted by Crippen LogP contribution is -2.33. The van der Waals surface area contributed by atoms with Gasteiger partial charge >= 0.3 is 5.97 Å². The van der Waals surface area contributed by atoms with E-state index in [0.717, 1.165) is 48.1 Å². The maximum absolute atomic E-state index is 12.8. The Balaban J connectivity index is 1.73. The average molecular weight is 410 g/mol. The summed E-state index contributed by atoms with van der Waals surface area (Å²) in [5.41, 5.74) is 4.74. The molecule has 3 N–H and O–H groups in total. The summed E-state index contributed by atoms with van der Waals surface area (Å²) in [6.07, 6.45) is 3.82. The topological polar surface area (TPSA) is 82.8 Å². The van der Waals surface area contributed by atoms with E-state index >= 15 is 0 Å². The summed E-state index contributed by atoms with van der Waals surface area (Å²) in [5, 5.41) is 16.3. The molecule has 5 rings (SSSR count). The number of likely N-dealkylation sites (N-methyl/N-ethyl adjacent to an activating group) is 1. The largest absolute Gasteiger partial charge is 0.477 e. The monoisotopic (exact) mass is 409 g/mol. The molecule has 1 aliphatic carbocycles. The molecule has 0 aromatic carbocycles. The van der Waals surface area contributed by atoms with Crippen LogP contribution in [0.4, 0.5) is 0 Å². The van der Waals surface area contributed by atoms with E-state index in [1.807, 2.05) is 20.0 Å². The van der Waals surface area contributed by atoms with Gasteiger partial charge in [0.2, 0.25) is 0 Å².